The number of hydrogen-bond acceptors (Lipinski definition) is 5. The van der Waals surface area contributed by atoms with Crippen molar-refractivity contribution in [2.45, 2.75) is 38.5 Å². The van der Waals surface area contributed by atoms with Crippen LogP contribution in [-0.2, 0) is 4.79 Å². The van der Waals surface area contributed by atoms with Crippen molar-refractivity contribution >= 4 is 5.91 Å². The van der Waals surface area contributed by atoms with Crippen molar-refractivity contribution in [1.82, 2.24) is 20.0 Å². The van der Waals surface area contributed by atoms with Crippen LogP contribution in [0.2, 0.25) is 0 Å². The molecule has 0 aromatic carbocycles. The molecule has 6 nitrogen and oxygen atoms in total. The number of amides is 1. The Labute approximate surface area is 134 Å². The maximum atomic E-state index is 12.4. The number of rotatable bonds is 3. The van der Waals surface area contributed by atoms with E-state index in [1.54, 1.807) is 12.5 Å². The topological polar surface area (TPSA) is 72.1 Å². The highest BCUT2D eigenvalue weighted by Gasteiger charge is 2.36. The summed E-state index contributed by atoms with van der Waals surface area (Å²) in [6, 6.07) is 1.90. The Morgan fingerprint density at radius 1 is 1.35 bits per heavy atom. The zero-order valence-electron chi connectivity index (χ0n) is 13.2. The lowest BCUT2D eigenvalue weighted by atomic mass is 9.91. The molecule has 0 N–H and O–H groups in total. The summed E-state index contributed by atoms with van der Waals surface area (Å²) in [5.41, 5.74) is 2.69. The summed E-state index contributed by atoms with van der Waals surface area (Å²) in [4.78, 5) is 23.0. The zero-order valence-corrected chi connectivity index (χ0v) is 13.2. The molecule has 1 atom stereocenters. The maximum Gasteiger partial charge on any atom is 0.225 e. The van der Waals surface area contributed by atoms with Crippen molar-refractivity contribution in [2.24, 2.45) is 5.92 Å². The molecule has 1 unspecified atom stereocenters. The smallest absolute Gasteiger partial charge is 0.225 e. The van der Waals surface area contributed by atoms with Crippen LogP contribution in [0.15, 0.2) is 23.1 Å². The summed E-state index contributed by atoms with van der Waals surface area (Å²) >= 11 is 0. The van der Waals surface area contributed by atoms with Gasteiger partial charge < -0.3 is 9.42 Å². The van der Waals surface area contributed by atoms with E-state index in [-0.39, 0.29) is 11.8 Å². The molecule has 2 aromatic rings. The van der Waals surface area contributed by atoms with E-state index >= 15 is 0 Å². The fraction of sp³-hybridized carbons (Fsp3) is 0.529. The monoisotopic (exact) mass is 312 g/mol. The number of aromatic nitrogens is 3. The van der Waals surface area contributed by atoms with Gasteiger partial charge in [0, 0.05) is 37.2 Å². The highest BCUT2D eigenvalue weighted by molar-refractivity contribution is 5.81. The average Bonchev–Trinajstić information content (AvgIpc) is 3.35. The number of nitrogens with zero attached hydrogens (tertiary/aromatic N) is 4. The number of carbonyl (C=O) groups is 1. The van der Waals surface area contributed by atoms with Gasteiger partial charge in [-0.2, -0.15) is 0 Å². The molecule has 1 aliphatic carbocycles. The molecule has 3 heterocycles. The fourth-order valence-electron chi connectivity index (χ4n) is 3.33. The number of piperidine rings is 1. The third-order valence-corrected chi connectivity index (χ3v) is 4.68. The Morgan fingerprint density at radius 3 is 2.96 bits per heavy atom. The maximum absolute atomic E-state index is 12.4. The van der Waals surface area contributed by atoms with Gasteiger partial charge in [0.05, 0.1) is 17.0 Å². The second-order valence-electron chi connectivity index (χ2n) is 6.55. The first-order valence-electron chi connectivity index (χ1n) is 8.25. The minimum atomic E-state index is 0.231. The van der Waals surface area contributed by atoms with Gasteiger partial charge in [-0.1, -0.05) is 5.16 Å². The lowest BCUT2D eigenvalue weighted by molar-refractivity contribution is -0.133. The fourth-order valence-corrected chi connectivity index (χ4v) is 3.33. The number of likely N-dealkylation sites (tertiary alicyclic amines) is 1. The van der Waals surface area contributed by atoms with Crippen molar-refractivity contribution in [2.75, 3.05) is 13.1 Å². The van der Waals surface area contributed by atoms with E-state index in [9.17, 15) is 4.79 Å². The van der Waals surface area contributed by atoms with Gasteiger partial charge in [-0.3, -0.25) is 4.79 Å². The quantitative estimate of drug-likeness (QED) is 0.871. The van der Waals surface area contributed by atoms with Gasteiger partial charge in [0.25, 0.3) is 0 Å². The molecular formula is C17H20N4O2. The molecule has 2 aromatic heterocycles. The van der Waals surface area contributed by atoms with Crippen molar-refractivity contribution in [3.63, 3.8) is 0 Å². The molecule has 4 rings (SSSR count). The minimum Gasteiger partial charge on any atom is -0.356 e. The summed E-state index contributed by atoms with van der Waals surface area (Å²) in [7, 11) is 0. The van der Waals surface area contributed by atoms with E-state index in [0.29, 0.717) is 11.7 Å². The molecule has 2 aliphatic rings. The summed E-state index contributed by atoms with van der Waals surface area (Å²) in [6.07, 6.45) is 7.51. The molecule has 0 bridgehead atoms. The van der Waals surface area contributed by atoms with Crippen LogP contribution >= 0.6 is 0 Å². The second-order valence-corrected chi connectivity index (χ2v) is 6.55. The largest absolute Gasteiger partial charge is 0.356 e. The molecule has 6 heteroatoms. The summed E-state index contributed by atoms with van der Waals surface area (Å²) < 4.78 is 5.39. The van der Waals surface area contributed by atoms with Crippen LogP contribution in [-0.4, -0.2) is 39.0 Å². The van der Waals surface area contributed by atoms with E-state index in [1.807, 2.05) is 17.9 Å². The Balaban J connectivity index is 1.61. The van der Waals surface area contributed by atoms with Crippen molar-refractivity contribution < 1.29 is 9.32 Å². The van der Waals surface area contributed by atoms with Gasteiger partial charge in [-0.05, 0) is 32.6 Å². The molecule has 120 valence electrons. The standard InChI is InChI=1S/C17H20N4O2/c1-11-7-15(23-20-11)14-8-18-10-19-16(14)13-3-2-6-21(9-13)17(22)12-4-5-12/h7-8,10,12-13H,2-6,9H2,1H3. The predicted octanol–water partition coefficient (Wildman–Crippen LogP) is 2.56. The minimum absolute atomic E-state index is 0.231. The van der Waals surface area contributed by atoms with Crippen LogP contribution in [0.25, 0.3) is 11.3 Å². The summed E-state index contributed by atoms with van der Waals surface area (Å²) in [5, 5.41) is 3.96. The number of aryl methyl sites for hydroxylation is 1. The summed E-state index contributed by atoms with van der Waals surface area (Å²) in [6.45, 7) is 3.51. The molecular weight excluding hydrogens is 292 g/mol. The third-order valence-electron chi connectivity index (χ3n) is 4.68. The van der Waals surface area contributed by atoms with Crippen LogP contribution in [0.4, 0.5) is 0 Å². The molecule has 23 heavy (non-hydrogen) atoms. The van der Waals surface area contributed by atoms with Gasteiger partial charge in [-0.15, -0.1) is 0 Å². The first-order chi connectivity index (χ1) is 11.2. The van der Waals surface area contributed by atoms with E-state index in [1.165, 1.54) is 0 Å². The lowest BCUT2D eigenvalue weighted by Crippen LogP contribution is -2.40. The first kappa shape index (κ1) is 14.4. The Kier molecular flexibility index (Phi) is 3.59. The molecule has 1 amide bonds. The van der Waals surface area contributed by atoms with Crippen molar-refractivity contribution in [3.8, 4) is 11.3 Å². The molecule has 0 spiro atoms. The van der Waals surface area contributed by atoms with Crippen LogP contribution in [0.1, 0.15) is 43.0 Å². The summed E-state index contributed by atoms with van der Waals surface area (Å²) in [5.74, 6) is 1.52. The van der Waals surface area contributed by atoms with Gasteiger partial charge in [0.2, 0.25) is 5.91 Å². The third kappa shape index (κ3) is 2.85. The normalized spacial score (nSPS) is 21.4. The Morgan fingerprint density at radius 2 is 2.22 bits per heavy atom. The zero-order chi connectivity index (χ0) is 15.8. The Hall–Kier alpha value is -2.24. The Bertz CT molecular complexity index is 723. The molecule has 1 saturated heterocycles. The number of carbonyl (C=O) groups excluding carboxylic acids is 1. The van der Waals surface area contributed by atoms with E-state index < -0.39 is 0 Å². The SMILES string of the molecule is Cc1cc(-c2cncnc2C2CCCN(C(=O)C3CC3)C2)on1. The number of hydrogen-bond donors (Lipinski definition) is 0. The highest BCUT2D eigenvalue weighted by atomic mass is 16.5. The molecule has 0 radical (unpaired) electrons. The van der Waals surface area contributed by atoms with Crippen molar-refractivity contribution in [1.29, 1.82) is 0 Å². The molecule has 1 saturated carbocycles. The molecule has 1 aliphatic heterocycles. The van der Waals surface area contributed by atoms with Crippen LogP contribution < -0.4 is 0 Å². The molecule has 2 fully saturated rings. The van der Waals surface area contributed by atoms with Crippen LogP contribution in [0, 0.1) is 12.8 Å². The van der Waals surface area contributed by atoms with Gasteiger partial charge in [0.15, 0.2) is 5.76 Å². The lowest BCUT2D eigenvalue weighted by Gasteiger charge is -2.33. The second kappa shape index (κ2) is 5.76. The van der Waals surface area contributed by atoms with Crippen molar-refractivity contribution in [3.05, 3.63) is 30.0 Å². The van der Waals surface area contributed by atoms with Crippen LogP contribution in [0.3, 0.4) is 0 Å². The van der Waals surface area contributed by atoms with Gasteiger partial charge in [-0.25, -0.2) is 9.97 Å². The van der Waals surface area contributed by atoms with E-state index in [2.05, 4.69) is 15.1 Å². The average molecular weight is 312 g/mol. The van der Waals surface area contributed by atoms with E-state index in [0.717, 1.165) is 55.7 Å². The van der Waals surface area contributed by atoms with Crippen LogP contribution in [0.5, 0.6) is 0 Å². The van der Waals surface area contributed by atoms with Gasteiger partial charge in [0.1, 0.15) is 6.33 Å². The van der Waals surface area contributed by atoms with E-state index in [4.69, 9.17) is 4.52 Å². The highest BCUT2D eigenvalue weighted by Crippen LogP contribution is 2.36. The van der Waals surface area contributed by atoms with Gasteiger partial charge >= 0.3 is 0 Å². The predicted molar refractivity (Wildman–Crippen MR) is 83.5 cm³/mol. The first-order valence-corrected chi connectivity index (χ1v) is 8.25.